The van der Waals surface area contributed by atoms with Gasteiger partial charge in [0.2, 0.25) is 0 Å². The minimum absolute atomic E-state index is 0.301. The maximum Gasteiger partial charge on any atom is 0.168 e. The molecule has 2 heteroatoms. The van der Waals surface area contributed by atoms with Crippen molar-refractivity contribution < 1.29 is 9.47 Å². The first kappa shape index (κ1) is 16.9. The molecule has 0 aliphatic carbocycles. The van der Waals surface area contributed by atoms with Crippen molar-refractivity contribution >= 4 is 0 Å². The van der Waals surface area contributed by atoms with Crippen molar-refractivity contribution in [3.05, 3.63) is 0 Å². The Balaban J connectivity index is 4.05. The topological polar surface area (TPSA) is 18.5 Å². The second-order valence-corrected chi connectivity index (χ2v) is 4.69. The molecule has 0 heterocycles. The van der Waals surface area contributed by atoms with Gasteiger partial charge in [0, 0.05) is 26.1 Å². The van der Waals surface area contributed by atoms with Crippen LogP contribution in [0.1, 0.15) is 79.1 Å². The summed E-state index contributed by atoms with van der Waals surface area (Å²) in [5.41, 5.74) is 0. The van der Waals surface area contributed by atoms with Crippen LogP contribution in [0, 0.1) is 0 Å². The van der Waals surface area contributed by atoms with Crippen LogP contribution < -0.4 is 0 Å². The molecular weight excluding hydrogens is 212 g/mol. The Morgan fingerprint density at radius 2 is 1.24 bits per heavy atom. The molecule has 0 rings (SSSR count). The minimum Gasteiger partial charge on any atom is -0.350 e. The van der Waals surface area contributed by atoms with Crippen LogP contribution in [0.25, 0.3) is 0 Å². The Kier molecular flexibility index (Phi) is 11.0. The summed E-state index contributed by atoms with van der Waals surface area (Å²) >= 11 is 0. The number of ether oxygens (including phenoxy) is 2. The average Bonchev–Trinajstić information content (AvgIpc) is 2.30. The van der Waals surface area contributed by atoms with Crippen molar-refractivity contribution in [1.29, 1.82) is 0 Å². The van der Waals surface area contributed by atoms with Gasteiger partial charge in [-0.05, 0) is 20.3 Å². The predicted molar refractivity (Wildman–Crippen MR) is 74.3 cm³/mol. The monoisotopic (exact) mass is 244 g/mol. The highest BCUT2D eigenvalue weighted by atomic mass is 16.7. The first-order chi connectivity index (χ1) is 8.24. The first-order valence-corrected chi connectivity index (χ1v) is 7.52. The van der Waals surface area contributed by atoms with Crippen LogP contribution in [0.5, 0.6) is 0 Å². The molecule has 0 aliphatic rings. The smallest absolute Gasteiger partial charge is 0.168 e. The average molecular weight is 244 g/mol. The third-order valence-electron chi connectivity index (χ3n) is 3.11. The number of hydrogen-bond donors (Lipinski definition) is 0. The molecule has 0 atom stereocenters. The standard InChI is InChI=1S/C15H32O2/c1-5-9-10-11-12-14-15(13-6-2,16-7-3)17-8-4/h5-14H2,1-4H3. The van der Waals surface area contributed by atoms with E-state index >= 15 is 0 Å². The second-order valence-electron chi connectivity index (χ2n) is 4.69. The Bertz CT molecular complexity index is 140. The Morgan fingerprint density at radius 1 is 0.647 bits per heavy atom. The van der Waals surface area contributed by atoms with Crippen molar-refractivity contribution in [2.75, 3.05) is 13.2 Å². The van der Waals surface area contributed by atoms with Crippen LogP contribution >= 0.6 is 0 Å². The summed E-state index contributed by atoms with van der Waals surface area (Å²) in [6.45, 7) is 10.1. The zero-order valence-corrected chi connectivity index (χ0v) is 12.4. The van der Waals surface area contributed by atoms with Gasteiger partial charge < -0.3 is 9.47 Å². The van der Waals surface area contributed by atoms with Gasteiger partial charge in [0.1, 0.15) is 0 Å². The van der Waals surface area contributed by atoms with Crippen LogP contribution in [0.3, 0.4) is 0 Å². The summed E-state index contributed by atoms with van der Waals surface area (Å²) in [4.78, 5) is 0. The van der Waals surface area contributed by atoms with Crippen LogP contribution in [-0.4, -0.2) is 19.0 Å². The zero-order chi connectivity index (χ0) is 13.0. The molecule has 0 unspecified atom stereocenters. The highest BCUT2D eigenvalue weighted by Crippen LogP contribution is 2.27. The Morgan fingerprint density at radius 3 is 1.71 bits per heavy atom. The van der Waals surface area contributed by atoms with Crippen molar-refractivity contribution in [3.8, 4) is 0 Å². The molecule has 0 aromatic carbocycles. The van der Waals surface area contributed by atoms with Crippen LogP contribution in [-0.2, 0) is 9.47 Å². The number of rotatable bonds is 12. The summed E-state index contributed by atoms with van der Waals surface area (Å²) in [5, 5.41) is 0. The van der Waals surface area contributed by atoms with Gasteiger partial charge >= 0.3 is 0 Å². The lowest BCUT2D eigenvalue weighted by Gasteiger charge is -2.33. The predicted octanol–water partition coefficient (Wildman–Crippen LogP) is 4.92. The van der Waals surface area contributed by atoms with E-state index < -0.39 is 0 Å². The summed E-state index contributed by atoms with van der Waals surface area (Å²) in [6.07, 6.45) is 9.71. The van der Waals surface area contributed by atoms with Gasteiger partial charge in [-0.1, -0.05) is 46.0 Å². The van der Waals surface area contributed by atoms with E-state index in [1.54, 1.807) is 0 Å². The molecule has 17 heavy (non-hydrogen) atoms. The summed E-state index contributed by atoms with van der Waals surface area (Å²) in [5.74, 6) is -0.301. The Hall–Kier alpha value is -0.0800. The summed E-state index contributed by atoms with van der Waals surface area (Å²) in [7, 11) is 0. The Labute approximate surface area is 108 Å². The lowest BCUT2D eigenvalue weighted by atomic mass is 10.0. The van der Waals surface area contributed by atoms with Crippen molar-refractivity contribution in [1.82, 2.24) is 0 Å². The van der Waals surface area contributed by atoms with E-state index in [2.05, 4.69) is 27.7 Å². The van der Waals surface area contributed by atoms with E-state index in [0.29, 0.717) is 0 Å². The van der Waals surface area contributed by atoms with Crippen molar-refractivity contribution in [3.63, 3.8) is 0 Å². The molecule has 0 aliphatic heterocycles. The fourth-order valence-corrected chi connectivity index (χ4v) is 2.36. The molecule has 0 aromatic heterocycles. The largest absolute Gasteiger partial charge is 0.350 e. The quantitative estimate of drug-likeness (QED) is 0.358. The van der Waals surface area contributed by atoms with Crippen LogP contribution in [0.15, 0.2) is 0 Å². The molecule has 0 aromatic rings. The molecular formula is C15H32O2. The number of hydrogen-bond acceptors (Lipinski definition) is 2. The second kappa shape index (κ2) is 11.0. The molecule has 0 radical (unpaired) electrons. The molecule has 104 valence electrons. The SMILES string of the molecule is CCCCCCCC(CCC)(OCC)OCC. The van der Waals surface area contributed by atoms with Crippen molar-refractivity contribution in [2.24, 2.45) is 0 Å². The highest BCUT2D eigenvalue weighted by molar-refractivity contribution is 4.70. The molecule has 0 N–H and O–H groups in total. The molecule has 0 spiro atoms. The van der Waals surface area contributed by atoms with Gasteiger partial charge in [-0.2, -0.15) is 0 Å². The maximum atomic E-state index is 5.89. The van der Waals surface area contributed by atoms with E-state index in [-0.39, 0.29) is 5.79 Å². The molecule has 0 saturated carbocycles. The van der Waals surface area contributed by atoms with Crippen LogP contribution in [0.2, 0.25) is 0 Å². The van der Waals surface area contributed by atoms with E-state index in [1.807, 2.05) is 0 Å². The minimum atomic E-state index is -0.301. The molecule has 0 amide bonds. The summed E-state index contributed by atoms with van der Waals surface area (Å²) in [6, 6.07) is 0. The van der Waals surface area contributed by atoms with Crippen molar-refractivity contribution in [2.45, 2.75) is 84.8 Å². The normalized spacial score (nSPS) is 12.0. The van der Waals surface area contributed by atoms with Gasteiger partial charge in [0.05, 0.1) is 0 Å². The van der Waals surface area contributed by atoms with E-state index in [9.17, 15) is 0 Å². The fraction of sp³-hybridized carbons (Fsp3) is 1.00. The van der Waals surface area contributed by atoms with E-state index in [0.717, 1.165) is 32.5 Å². The van der Waals surface area contributed by atoms with Gasteiger partial charge in [-0.15, -0.1) is 0 Å². The van der Waals surface area contributed by atoms with E-state index in [1.165, 1.54) is 32.1 Å². The first-order valence-electron chi connectivity index (χ1n) is 7.52. The highest BCUT2D eigenvalue weighted by Gasteiger charge is 2.29. The third kappa shape index (κ3) is 7.77. The lowest BCUT2D eigenvalue weighted by molar-refractivity contribution is -0.241. The van der Waals surface area contributed by atoms with Gasteiger partial charge in [0.15, 0.2) is 5.79 Å². The van der Waals surface area contributed by atoms with Gasteiger partial charge in [-0.25, -0.2) is 0 Å². The molecule has 0 saturated heterocycles. The zero-order valence-electron chi connectivity index (χ0n) is 12.4. The van der Waals surface area contributed by atoms with Gasteiger partial charge in [0.25, 0.3) is 0 Å². The van der Waals surface area contributed by atoms with Crippen LogP contribution in [0.4, 0.5) is 0 Å². The maximum absolute atomic E-state index is 5.89. The fourth-order valence-electron chi connectivity index (χ4n) is 2.36. The molecule has 0 fully saturated rings. The third-order valence-corrected chi connectivity index (χ3v) is 3.11. The summed E-state index contributed by atoms with van der Waals surface area (Å²) < 4.78 is 11.8. The lowest BCUT2D eigenvalue weighted by Crippen LogP contribution is -2.36. The van der Waals surface area contributed by atoms with Gasteiger partial charge in [-0.3, -0.25) is 0 Å². The number of unbranched alkanes of at least 4 members (excludes halogenated alkanes) is 4. The molecule has 0 bridgehead atoms. The molecule has 2 nitrogen and oxygen atoms in total. The van der Waals surface area contributed by atoms with E-state index in [4.69, 9.17) is 9.47 Å².